The predicted octanol–water partition coefficient (Wildman–Crippen LogP) is 0.296. The van der Waals surface area contributed by atoms with Crippen LogP contribution < -0.4 is 5.43 Å². The molecule has 1 heterocycles. The molecule has 0 atom stereocenters. The average Bonchev–Trinajstić information content (AvgIpc) is 2.17. The molecule has 12 heavy (non-hydrogen) atoms. The van der Waals surface area contributed by atoms with Crippen molar-refractivity contribution in [3.05, 3.63) is 0 Å². The maximum Gasteiger partial charge on any atom is 0.256 e. The fourth-order valence-electron chi connectivity index (χ4n) is 1.13. The lowest BCUT2D eigenvalue weighted by atomic mass is 9.93. The molecule has 4 nitrogen and oxygen atoms in total. The lowest BCUT2D eigenvalue weighted by molar-refractivity contribution is -0.137. The van der Waals surface area contributed by atoms with E-state index in [-0.39, 0.29) is 11.8 Å². The highest BCUT2D eigenvalue weighted by molar-refractivity contribution is 6.08. The smallest absolute Gasteiger partial charge is 0.256 e. The van der Waals surface area contributed by atoms with Crippen LogP contribution in [0.3, 0.4) is 0 Å². The molecule has 1 N–H and O–H groups in total. The van der Waals surface area contributed by atoms with Crippen LogP contribution in [0.4, 0.5) is 0 Å². The second kappa shape index (κ2) is 2.77. The third-order valence-electron chi connectivity index (χ3n) is 2.03. The Hall–Kier alpha value is -1.06. The number of amides is 2. The molecule has 1 fully saturated rings. The summed E-state index contributed by atoms with van der Waals surface area (Å²) >= 11 is 0. The monoisotopic (exact) mass is 170 g/mol. The van der Waals surface area contributed by atoms with Crippen LogP contribution in [0.2, 0.25) is 0 Å². The van der Waals surface area contributed by atoms with Gasteiger partial charge in [-0.05, 0) is 20.3 Å². The number of hydrazine groups is 1. The SMILES string of the molecule is CCCN1NC(=O)C(C)(C)C1=O. The quantitative estimate of drug-likeness (QED) is 0.606. The third-order valence-corrected chi connectivity index (χ3v) is 2.03. The van der Waals surface area contributed by atoms with E-state index in [1.807, 2.05) is 6.92 Å². The van der Waals surface area contributed by atoms with E-state index in [1.54, 1.807) is 13.8 Å². The van der Waals surface area contributed by atoms with Crippen LogP contribution in [0, 0.1) is 5.41 Å². The fourth-order valence-corrected chi connectivity index (χ4v) is 1.13. The Bertz CT molecular complexity index is 223. The van der Waals surface area contributed by atoms with E-state index in [9.17, 15) is 9.59 Å². The van der Waals surface area contributed by atoms with Crippen molar-refractivity contribution in [3.63, 3.8) is 0 Å². The van der Waals surface area contributed by atoms with Gasteiger partial charge in [0.15, 0.2) is 0 Å². The summed E-state index contributed by atoms with van der Waals surface area (Å²) in [6.07, 6.45) is 0.849. The Morgan fingerprint density at radius 3 is 2.33 bits per heavy atom. The molecule has 1 rings (SSSR count). The summed E-state index contributed by atoms with van der Waals surface area (Å²) in [6, 6.07) is 0. The van der Waals surface area contributed by atoms with Gasteiger partial charge in [0.25, 0.3) is 11.8 Å². The first-order valence-corrected chi connectivity index (χ1v) is 4.13. The lowest BCUT2D eigenvalue weighted by Crippen LogP contribution is -2.36. The van der Waals surface area contributed by atoms with Crippen LogP contribution in [0.1, 0.15) is 27.2 Å². The highest BCUT2D eigenvalue weighted by atomic mass is 16.2. The fraction of sp³-hybridized carbons (Fsp3) is 0.750. The number of nitrogens with zero attached hydrogens (tertiary/aromatic N) is 1. The summed E-state index contributed by atoms with van der Waals surface area (Å²) in [5.41, 5.74) is 1.66. The summed E-state index contributed by atoms with van der Waals surface area (Å²) in [5.74, 6) is -0.338. The Morgan fingerprint density at radius 1 is 1.42 bits per heavy atom. The first-order chi connectivity index (χ1) is 5.50. The Balaban J connectivity index is 2.76. The number of rotatable bonds is 2. The first kappa shape index (κ1) is 9.03. The molecule has 1 aliphatic rings. The van der Waals surface area contributed by atoms with E-state index >= 15 is 0 Å². The van der Waals surface area contributed by atoms with Crippen molar-refractivity contribution >= 4 is 11.8 Å². The molecular formula is C8H14N2O2. The molecule has 2 amide bonds. The van der Waals surface area contributed by atoms with Crippen molar-refractivity contribution in [2.75, 3.05) is 6.54 Å². The number of hydrogen-bond donors (Lipinski definition) is 1. The van der Waals surface area contributed by atoms with Crippen molar-refractivity contribution in [2.24, 2.45) is 5.41 Å². The Kier molecular flexibility index (Phi) is 2.08. The molecule has 0 aromatic rings. The average molecular weight is 170 g/mol. The number of hydrogen-bond acceptors (Lipinski definition) is 2. The number of carbonyl (C=O) groups excluding carboxylic acids is 2. The largest absolute Gasteiger partial charge is 0.272 e. The molecule has 1 aliphatic heterocycles. The lowest BCUT2D eigenvalue weighted by Gasteiger charge is -2.14. The minimum atomic E-state index is -0.880. The van der Waals surface area contributed by atoms with Gasteiger partial charge < -0.3 is 0 Å². The summed E-state index contributed by atoms with van der Waals surface area (Å²) in [6.45, 7) is 5.83. The van der Waals surface area contributed by atoms with E-state index in [4.69, 9.17) is 0 Å². The summed E-state index contributed by atoms with van der Waals surface area (Å²) in [5, 5.41) is 1.39. The standard InChI is InChI=1S/C8H14N2O2/c1-4-5-10-7(12)8(2,3)6(11)9-10/h4-5H2,1-3H3,(H,9,11). The first-order valence-electron chi connectivity index (χ1n) is 4.13. The normalized spacial score (nSPS) is 21.4. The summed E-state index contributed by atoms with van der Waals surface area (Å²) < 4.78 is 0. The van der Waals surface area contributed by atoms with Crippen molar-refractivity contribution in [1.29, 1.82) is 0 Å². The van der Waals surface area contributed by atoms with Gasteiger partial charge in [0.2, 0.25) is 0 Å². The molecule has 68 valence electrons. The second-order valence-corrected chi connectivity index (χ2v) is 3.52. The molecule has 0 aromatic carbocycles. The molecular weight excluding hydrogens is 156 g/mol. The van der Waals surface area contributed by atoms with E-state index < -0.39 is 5.41 Å². The van der Waals surface area contributed by atoms with E-state index in [0.717, 1.165) is 6.42 Å². The maximum atomic E-state index is 11.5. The van der Waals surface area contributed by atoms with Crippen molar-refractivity contribution < 1.29 is 9.59 Å². The van der Waals surface area contributed by atoms with Gasteiger partial charge in [-0.15, -0.1) is 0 Å². The zero-order chi connectivity index (χ0) is 9.35. The Morgan fingerprint density at radius 2 is 2.00 bits per heavy atom. The van der Waals surface area contributed by atoms with Crippen molar-refractivity contribution in [2.45, 2.75) is 27.2 Å². The number of carbonyl (C=O) groups is 2. The van der Waals surface area contributed by atoms with Gasteiger partial charge in [-0.1, -0.05) is 6.92 Å². The second-order valence-electron chi connectivity index (χ2n) is 3.52. The molecule has 1 saturated heterocycles. The van der Waals surface area contributed by atoms with E-state index in [0.29, 0.717) is 6.54 Å². The van der Waals surface area contributed by atoms with Gasteiger partial charge in [-0.3, -0.25) is 20.0 Å². The van der Waals surface area contributed by atoms with Crippen LogP contribution in [-0.2, 0) is 9.59 Å². The molecule has 4 heteroatoms. The topological polar surface area (TPSA) is 49.4 Å². The van der Waals surface area contributed by atoms with Gasteiger partial charge in [0.05, 0.1) is 0 Å². The third kappa shape index (κ3) is 1.17. The van der Waals surface area contributed by atoms with Crippen LogP contribution in [0.5, 0.6) is 0 Å². The molecule has 0 unspecified atom stereocenters. The predicted molar refractivity (Wildman–Crippen MR) is 43.9 cm³/mol. The van der Waals surface area contributed by atoms with Gasteiger partial charge in [-0.2, -0.15) is 0 Å². The summed E-state index contributed by atoms with van der Waals surface area (Å²) in [4.78, 5) is 22.7. The molecule has 0 aliphatic carbocycles. The van der Waals surface area contributed by atoms with Crippen LogP contribution >= 0.6 is 0 Å². The van der Waals surface area contributed by atoms with Crippen molar-refractivity contribution in [3.8, 4) is 0 Å². The maximum absolute atomic E-state index is 11.5. The zero-order valence-corrected chi connectivity index (χ0v) is 7.68. The van der Waals surface area contributed by atoms with Crippen LogP contribution in [0.25, 0.3) is 0 Å². The van der Waals surface area contributed by atoms with Gasteiger partial charge in [0, 0.05) is 6.54 Å². The highest BCUT2D eigenvalue weighted by Crippen LogP contribution is 2.23. The van der Waals surface area contributed by atoms with Gasteiger partial charge in [-0.25, -0.2) is 0 Å². The van der Waals surface area contributed by atoms with Gasteiger partial charge >= 0.3 is 0 Å². The molecule has 0 bridgehead atoms. The van der Waals surface area contributed by atoms with Crippen LogP contribution in [-0.4, -0.2) is 23.4 Å². The molecule has 0 radical (unpaired) electrons. The zero-order valence-electron chi connectivity index (χ0n) is 7.68. The van der Waals surface area contributed by atoms with Crippen LogP contribution in [0.15, 0.2) is 0 Å². The minimum absolute atomic E-state index is 0.130. The number of nitrogens with one attached hydrogen (secondary N) is 1. The molecule has 0 saturated carbocycles. The molecule has 0 aromatic heterocycles. The van der Waals surface area contributed by atoms with Gasteiger partial charge in [0.1, 0.15) is 5.41 Å². The Labute approximate surface area is 71.9 Å². The van der Waals surface area contributed by atoms with E-state index in [1.165, 1.54) is 5.01 Å². The summed E-state index contributed by atoms with van der Waals surface area (Å²) in [7, 11) is 0. The molecule has 0 spiro atoms. The highest BCUT2D eigenvalue weighted by Gasteiger charge is 2.46. The van der Waals surface area contributed by atoms with Crippen molar-refractivity contribution in [1.82, 2.24) is 10.4 Å². The minimum Gasteiger partial charge on any atom is -0.272 e. The van der Waals surface area contributed by atoms with E-state index in [2.05, 4.69) is 5.43 Å².